The first-order valence-corrected chi connectivity index (χ1v) is 9.38. The smallest absolute Gasteiger partial charge is 0.224 e. The van der Waals surface area contributed by atoms with Gasteiger partial charge in [-0.15, -0.1) is 0 Å². The number of hydrogen-bond acceptors (Lipinski definition) is 5. The summed E-state index contributed by atoms with van der Waals surface area (Å²) in [6.45, 7) is 1.49. The fourth-order valence-electron chi connectivity index (χ4n) is 2.87. The number of carbonyl (C=O) groups excluding carboxylic acids is 1. The zero-order valence-corrected chi connectivity index (χ0v) is 14.6. The van der Waals surface area contributed by atoms with Gasteiger partial charge in [0.1, 0.15) is 0 Å². The van der Waals surface area contributed by atoms with Crippen LogP contribution in [-0.2, 0) is 21.2 Å². The van der Waals surface area contributed by atoms with E-state index in [-0.39, 0.29) is 24.3 Å². The maximum Gasteiger partial charge on any atom is 0.224 e. The molecule has 8 heteroatoms. The molecule has 0 spiro atoms. The Hall–Kier alpha value is -1.51. The van der Waals surface area contributed by atoms with Crippen molar-refractivity contribution in [2.24, 2.45) is 5.92 Å². The summed E-state index contributed by atoms with van der Waals surface area (Å²) in [5.41, 5.74) is 0.840. The lowest BCUT2D eigenvalue weighted by Crippen LogP contribution is -2.44. The highest BCUT2D eigenvalue weighted by Crippen LogP contribution is 2.20. The van der Waals surface area contributed by atoms with Crippen molar-refractivity contribution in [3.63, 3.8) is 0 Å². The first-order valence-electron chi connectivity index (χ1n) is 7.54. The summed E-state index contributed by atoms with van der Waals surface area (Å²) in [7, 11) is 0.639. The van der Waals surface area contributed by atoms with Crippen molar-refractivity contribution in [3.05, 3.63) is 30.1 Å². The minimum atomic E-state index is -3.25. The van der Waals surface area contributed by atoms with Crippen molar-refractivity contribution in [1.29, 1.82) is 0 Å². The molecule has 1 aliphatic heterocycles. The summed E-state index contributed by atoms with van der Waals surface area (Å²) in [6, 6.07) is 3.47. The molecule has 0 aromatic carbocycles. The van der Waals surface area contributed by atoms with Gasteiger partial charge in [0.15, 0.2) is 0 Å². The van der Waals surface area contributed by atoms with Crippen molar-refractivity contribution in [3.8, 4) is 0 Å². The number of amides is 1. The van der Waals surface area contributed by atoms with E-state index in [0.29, 0.717) is 13.1 Å². The maximum atomic E-state index is 12.2. The molecule has 7 nitrogen and oxygen atoms in total. The molecule has 1 saturated heterocycles. The highest BCUT2D eigenvalue weighted by Gasteiger charge is 2.37. The third kappa shape index (κ3) is 5.26. The van der Waals surface area contributed by atoms with Crippen molar-refractivity contribution in [2.45, 2.75) is 12.5 Å². The Morgan fingerprint density at radius 3 is 2.74 bits per heavy atom. The summed E-state index contributed by atoms with van der Waals surface area (Å²) >= 11 is 0. The van der Waals surface area contributed by atoms with Gasteiger partial charge in [-0.25, -0.2) is 8.42 Å². The van der Waals surface area contributed by atoms with Crippen LogP contribution in [0.4, 0.5) is 0 Å². The van der Waals surface area contributed by atoms with Crippen LogP contribution in [0.5, 0.6) is 0 Å². The van der Waals surface area contributed by atoms with E-state index in [1.165, 1.54) is 10.6 Å². The summed E-state index contributed by atoms with van der Waals surface area (Å²) in [6.07, 6.45) is 4.78. The van der Waals surface area contributed by atoms with Gasteiger partial charge in [0, 0.05) is 44.0 Å². The number of carbonyl (C=O) groups is 1. The van der Waals surface area contributed by atoms with Crippen LogP contribution in [0.25, 0.3) is 0 Å². The molecule has 0 radical (unpaired) electrons. The first kappa shape index (κ1) is 17.8. The fourth-order valence-corrected chi connectivity index (χ4v) is 3.76. The summed E-state index contributed by atoms with van der Waals surface area (Å²) in [4.78, 5) is 18.2. The van der Waals surface area contributed by atoms with Gasteiger partial charge in [-0.2, -0.15) is 4.31 Å². The minimum Gasteiger partial charge on any atom is -0.351 e. The maximum absolute atomic E-state index is 12.2. The number of hydrogen-bond donors (Lipinski definition) is 1. The number of aromatic nitrogens is 1. The lowest BCUT2D eigenvalue weighted by molar-refractivity contribution is -0.121. The SMILES string of the molecule is CN(C)C[C@@H]1CN(S(C)(=O)=O)C[C@H]1NC(=O)Cc1cccnc1. The van der Waals surface area contributed by atoms with Crippen LogP contribution in [0.15, 0.2) is 24.5 Å². The molecule has 128 valence electrons. The molecule has 2 heterocycles. The van der Waals surface area contributed by atoms with Crippen molar-refractivity contribution in [2.75, 3.05) is 40.0 Å². The third-order valence-electron chi connectivity index (χ3n) is 3.91. The predicted molar refractivity (Wildman–Crippen MR) is 88.3 cm³/mol. The Labute approximate surface area is 137 Å². The van der Waals surface area contributed by atoms with Crippen LogP contribution in [0, 0.1) is 5.92 Å². The number of pyridine rings is 1. The molecule has 23 heavy (non-hydrogen) atoms. The Kier molecular flexibility index (Phi) is 5.72. The van der Waals surface area contributed by atoms with Gasteiger partial charge in [-0.1, -0.05) is 6.07 Å². The molecule has 0 bridgehead atoms. The van der Waals surface area contributed by atoms with Gasteiger partial charge >= 0.3 is 0 Å². The predicted octanol–water partition coefficient (Wildman–Crippen LogP) is -0.438. The number of sulfonamides is 1. The molecule has 2 atom stereocenters. The Balaban J connectivity index is 2.01. The summed E-state index contributed by atoms with van der Waals surface area (Å²) in [5.74, 6) is -0.0281. The van der Waals surface area contributed by atoms with Crippen LogP contribution in [0.1, 0.15) is 5.56 Å². The molecule has 0 saturated carbocycles. The van der Waals surface area contributed by atoms with Gasteiger partial charge < -0.3 is 10.2 Å². The van der Waals surface area contributed by atoms with Crippen molar-refractivity contribution >= 4 is 15.9 Å². The highest BCUT2D eigenvalue weighted by atomic mass is 32.2. The quantitative estimate of drug-likeness (QED) is 0.759. The number of rotatable bonds is 6. The van der Waals surface area contributed by atoms with Gasteiger partial charge in [0.2, 0.25) is 15.9 Å². The molecular weight excluding hydrogens is 316 g/mol. The van der Waals surface area contributed by atoms with Crippen molar-refractivity contribution in [1.82, 2.24) is 19.5 Å². The average Bonchev–Trinajstić information content (AvgIpc) is 2.82. The van der Waals surface area contributed by atoms with E-state index in [2.05, 4.69) is 10.3 Å². The van der Waals surface area contributed by atoms with E-state index in [1.807, 2.05) is 25.1 Å². The Morgan fingerprint density at radius 1 is 1.43 bits per heavy atom. The second kappa shape index (κ2) is 7.37. The van der Waals surface area contributed by atoms with E-state index in [1.54, 1.807) is 18.5 Å². The normalized spacial score (nSPS) is 22.4. The van der Waals surface area contributed by atoms with Crippen LogP contribution in [-0.4, -0.2) is 74.5 Å². The molecule has 1 aliphatic rings. The third-order valence-corrected chi connectivity index (χ3v) is 5.15. The summed E-state index contributed by atoms with van der Waals surface area (Å²) < 4.78 is 25.0. The van der Waals surface area contributed by atoms with Gasteiger partial charge in [-0.3, -0.25) is 9.78 Å². The molecule has 1 amide bonds. The molecule has 0 aliphatic carbocycles. The van der Waals surface area contributed by atoms with Crippen LogP contribution >= 0.6 is 0 Å². The van der Waals surface area contributed by atoms with E-state index in [4.69, 9.17) is 0 Å². The van der Waals surface area contributed by atoms with Gasteiger partial charge in [0.25, 0.3) is 0 Å². The second-order valence-electron chi connectivity index (χ2n) is 6.31. The molecule has 0 unspecified atom stereocenters. The molecule has 1 fully saturated rings. The Bertz CT molecular complexity index is 633. The standard InChI is InChI=1S/C15H24N4O3S/c1-18(2)9-13-10-19(23(3,21)22)11-14(13)17-15(20)7-12-5-4-6-16-8-12/h4-6,8,13-14H,7,9-11H2,1-3H3,(H,17,20)/t13-,14-/m1/s1. The van der Waals surface area contributed by atoms with Gasteiger partial charge in [0.05, 0.1) is 12.7 Å². The van der Waals surface area contributed by atoms with E-state index in [0.717, 1.165) is 12.1 Å². The molecular formula is C15H24N4O3S. The lowest BCUT2D eigenvalue weighted by Gasteiger charge is -2.22. The summed E-state index contributed by atoms with van der Waals surface area (Å²) in [5, 5.41) is 2.99. The average molecular weight is 340 g/mol. The number of nitrogens with zero attached hydrogens (tertiary/aromatic N) is 3. The minimum absolute atomic E-state index is 0.0811. The first-order chi connectivity index (χ1) is 10.8. The topological polar surface area (TPSA) is 82.6 Å². The van der Waals surface area contributed by atoms with Crippen LogP contribution in [0.3, 0.4) is 0 Å². The van der Waals surface area contributed by atoms with Crippen LogP contribution in [0.2, 0.25) is 0 Å². The van der Waals surface area contributed by atoms with Crippen LogP contribution < -0.4 is 5.32 Å². The Morgan fingerprint density at radius 2 is 2.17 bits per heavy atom. The number of nitrogens with one attached hydrogen (secondary N) is 1. The van der Waals surface area contributed by atoms with E-state index >= 15 is 0 Å². The van der Waals surface area contributed by atoms with Crippen molar-refractivity contribution < 1.29 is 13.2 Å². The second-order valence-corrected chi connectivity index (χ2v) is 8.30. The molecule has 2 rings (SSSR count). The van der Waals surface area contributed by atoms with Gasteiger partial charge in [-0.05, 0) is 25.7 Å². The van der Waals surface area contributed by atoms with E-state index < -0.39 is 10.0 Å². The zero-order chi connectivity index (χ0) is 17.0. The lowest BCUT2D eigenvalue weighted by atomic mass is 10.0. The molecule has 1 aromatic heterocycles. The van der Waals surface area contributed by atoms with E-state index in [9.17, 15) is 13.2 Å². The zero-order valence-electron chi connectivity index (χ0n) is 13.8. The fraction of sp³-hybridized carbons (Fsp3) is 0.600. The highest BCUT2D eigenvalue weighted by molar-refractivity contribution is 7.88. The molecule has 1 N–H and O–H groups in total. The monoisotopic (exact) mass is 340 g/mol. The molecule has 1 aromatic rings. The largest absolute Gasteiger partial charge is 0.351 e.